The maximum Gasteiger partial charge on any atom is 0.433 e. The highest BCUT2D eigenvalue weighted by molar-refractivity contribution is 6.06. The molecule has 0 aliphatic carbocycles. The Morgan fingerprint density at radius 1 is 1.19 bits per heavy atom. The number of benzene rings is 1. The molecule has 5 nitrogen and oxygen atoms in total. The van der Waals surface area contributed by atoms with Crippen molar-refractivity contribution in [1.29, 1.82) is 0 Å². The van der Waals surface area contributed by atoms with Gasteiger partial charge >= 0.3 is 6.18 Å². The van der Waals surface area contributed by atoms with Gasteiger partial charge in [0.05, 0.1) is 12.1 Å². The Balaban J connectivity index is 1.94. The lowest BCUT2D eigenvalue weighted by atomic mass is 10.1. The van der Waals surface area contributed by atoms with E-state index < -0.39 is 35.4 Å². The van der Waals surface area contributed by atoms with Gasteiger partial charge in [0.25, 0.3) is 12.4 Å². The predicted octanol–water partition coefficient (Wildman–Crippen LogP) is 4.21. The van der Waals surface area contributed by atoms with Crippen LogP contribution in [0, 0.1) is 6.92 Å². The minimum Gasteiger partial charge on any atom is -0.274 e. The molecule has 10 heteroatoms. The van der Waals surface area contributed by atoms with E-state index in [2.05, 4.69) is 10.1 Å². The van der Waals surface area contributed by atoms with Crippen LogP contribution >= 0.6 is 0 Å². The molecule has 140 valence electrons. The van der Waals surface area contributed by atoms with Crippen molar-refractivity contribution < 1.29 is 26.7 Å². The minimum absolute atomic E-state index is 0.0565. The van der Waals surface area contributed by atoms with E-state index in [1.807, 2.05) is 0 Å². The summed E-state index contributed by atoms with van der Waals surface area (Å²) in [5, 5.41) is 3.80. The summed E-state index contributed by atoms with van der Waals surface area (Å²) in [4.78, 5) is 17.5. The van der Waals surface area contributed by atoms with E-state index in [1.165, 1.54) is 0 Å². The lowest BCUT2D eigenvalue weighted by molar-refractivity contribution is -0.142. The fourth-order valence-electron chi connectivity index (χ4n) is 3.18. The molecule has 4 rings (SSSR count). The first-order valence-corrected chi connectivity index (χ1v) is 7.84. The monoisotopic (exact) mass is 382 g/mol. The van der Waals surface area contributed by atoms with E-state index in [4.69, 9.17) is 0 Å². The second kappa shape index (κ2) is 5.73. The molecule has 1 amide bonds. The molecule has 3 heterocycles. The van der Waals surface area contributed by atoms with E-state index in [9.17, 15) is 26.7 Å². The third kappa shape index (κ3) is 2.71. The van der Waals surface area contributed by atoms with Crippen LogP contribution in [-0.4, -0.2) is 20.5 Å². The second-order valence-corrected chi connectivity index (χ2v) is 6.14. The number of para-hydroxylation sites is 1. The molecular weight excluding hydrogens is 371 g/mol. The van der Waals surface area contributed by atoms with Crippen molar-refractivity contribution in [3.63, 3.8) is 0 Å². The molecule has 0 radical (unpaired) electrons. The summed E-state index contributed by atoms with van der Waals surface area (Å²) in [7, 11) is 0. The van der Waals surface area contributed by atoms with Crippen LogP contribution < -0.4 is 4.90 Å². The molecule has 0 bridgehead atoms. The standard InChI is InChI=1S/C17H11F5N4O/c1-8-3-2-4-9-7-13(27)25(14(8)9)16-23-12-6-10(15(18)19)5-11(17(20,21)22)26(12)24-16/h2-6,15H,7H2,1H3. The smallest absolute Gasteiger partial charge is 0.274 e. The number of aromatic nitrogens is 3. The molecule has 3 aromatic rings. The molecule has 0 N–H and O–H groups in total. The third-order valence-corrected chi connectivity index (χ3v) is 4.33. The molecule has 0 atom stereocenters. The number of carbonyl (C=O) groups excluding carboxylic acids is 1. The first-order valence-electron chi connectivity index (χ1n) is 7.84. The van der Waals surface area contributed by atoms with Gasteiger partial charge in [0.1, 0.15) is 5.69 Å². The van der Waals surface area contributed by atoms with E-state index in [1.54, 1.807) is 25.1 Å². The predicted molar refractivity (Wildman–Crippen MR) is 85.0 cm³/mol. The molecule has 1 aliphatic rings. The summed E-state index contributed by atoms with van der Waals surface area (Å²) < 4.78 is 66.4. The zero-order valence-corrected chi connectivity index (χ0v) is 13.8. The number of carbonyl (C=O) groups is 1. The van der Waals surface area contributed by atoms with E-state index >= 15 is 0 Å². The summed E-state index contributed by atoms with van der Waals surface area (Å²) in [6, 6.07) is 6.40. The Morgan fingerprint density at radius 2 is 1.93 bits per heavy atom. The SMILES string of the molecule is Cc1cccc2c1N(c1nc3cc(C(F)F)cc(C(F)(F)F)n3n1)C(=O)C2. The first kappa shape index (κ1) is 17.4. The number of pyridine rings is 1. The van der Waals surface area contributed by atoms with Crippen molar-refractivity contribution in [3.8, 4) is 0 Å². The largest absolute Gasteiger partial charge is 0.433 e. The number of nitrogens with zero attached hydrogens (tertiary/aromatic N) is 4. The molecule has 0 fully saturated rings. The van der Waals surface area contributed by atoms with Crippen molar-refractivity contribution in [3.05, 3.63) is 52.7 Å². The van der Waals surface area contributed by atoms with Crippen molar-refractivity contribution in [1.82, 2.24) is 14.6 Å². The van der Waals surface area contributed by atoms with Gasteiger partial charge in [-0.2, -0.15) is 18.2 Å². The van der Waals surface area contributed by atoms with Gasteiger partial charge in [0.15, 0.2) is 5.65 Å². The van der Waals surface area contributed by atoms with Crippen LogP contribution in [0.25, 0.3) is 5.65 Å². The zero-order chi connectivity index (χ0) is 19.5. The number of halogens is 5. The third-order valence-electron chi connectivity index (χ3n) is 4.33. The topological polar surface area (TPSA) is 50.5 Å². The molecule has 0 unspecified atom stereocenters. The lowest BCUT2D eigenvalue weighted by Crippen LogP contribution is -2.23. The van der Waals surface area contributed by atoms with E-state index in [-0.39, 0.29) is 12.4 Å². The number of rotatable bonds is 2. The highest BCUT2D eigenvalue weighted by Crippen LogP contribution is 2.38. The van der Waals surface area contributed by atoms with Gasteiger partial charge in [-0.15, -0.1) is 5.10 Å². The Bertz CT molecular complexity index is 1070. The number of fused-ring (bicyclic) bond motifs is 2. The number of amides is 1. The van der Waals surface area contributed by atoms with Gasteiger partial charge in [0, 0.05) is 5.56 Å². The molecule has 0 saturated carbocycles. The summed E-state index contributed by atoms with van der Waals surface area (Å²) in [6.45, 7) is 1.75. The average Bonchev–Trinajstić information content (AvgIpc) is 3.13. The fraction of sp³-hybridized carbons (Fsp3) is 0.235. The Hall–Kier alpha value is -3.04. The normalized spacial score (nSPS) is 14.5. The van der Waals surface area contributed by atoms with Crippen LogP contribution in [0.1, 0.15) is 28.8 Å². The quantitative estimate of drug-likeness (QED) is 0.624. The van der Waals surface area contributed by atoms with Crippen molar-refractivity contribution in [2.24, 2.45) is 0 Å². The van der Waals surface area contributed by atoms with Crippen molar-refractivity contribution in [2.45, 2.75) is 25.9 Å². The molecule has 1 aromatic carbocycles. The van der Waals surface area contributed by atoms with Crippen LogP contribution in [0.3, 0.4) is 0 Å². The summed E-state index contributed by atoms with van der Waals surface area (Å²) in [5.41, 5.74) is -0.695. The van der Waals surface area contributed by atoms with Gasteiger partial charge in [0.2, 0.25) is 5.91 Å². The highest BCUT2D eigenvalue weighted by Gasteiger charge is 2.37. The van der Waals surface area contributed by atoms with Crippen LogP contribution in [0.15, 0.2) is 30.3 Å². The number of hydrogen-bond acceptors (Lipinski definition) is 3. The summed E-state index contributed by atoms with van der Waals surface area (Å²) in [6.07, 6.45) is -7.97. The van der Waals surface area contributed by atoms with Gasteiger partial charge in [-0.25, -0.2) is 18.2 Å². The second-order valence-electron chi connectivity index (χ2n) is 6.14. The maximum atomic E-state index is 13.3. The number of aryl methyl sites for hydroxylation is 1. The van der Waals surface area contributed by atoms with Crippen molar-refractivity contribution >= 4 is 23.2 Å². The Kier molecular flexibility index (Phi) is 3.69. The zero-order valence-electron chi connectivity index (χ0n) is 13.8. The van der Waals surface area contributed by atoms with Gasteiger partial charge in [-0.05, 0) is 30.2 Å². The number of alkyl halides is 5. The summed E-state index contributed by atoms with van der Waals surface area (Å²) >= 11 is 0. The Morgan fingerprint density at radius 3 is 2.59 bits per heavy atom. The van der Waals surface area contributed by atoms with Gasteiger partial charge in [-0.3, -0.25) is 4.79 Å². The van der Waals surface area contributed by atoms with Gasteiger partial charge in [-0.1, -0.05) is 18.2 Å². The molecule has 1 aliphatic heterocycles. The summed E-state index contributed by atoms with van der Waals surface area (Å²) in [5.74, 6) is -0.692. The number of anilines is 2. The molecular formula is C17H11F5N4O. The molecule has 0 spiro atoms. The fourth-order valence-corrected chi connectivity index (χ4v) is 3.18. The van der Waals surface area contributed by atoms with Crippen LogP contribution in [-0.2, 0) is 17.4 Å². The minimum atomic E-state index is -4.92. The van der Waals surface area contributed by atoms with Gasteiger partial charge < -0.3 is 0 Å². The average molecular weight is 382 g/mol. The molecule has 27 heavy (non-hydrogen) atoms. The highest BCUT2D eigenvalue weighted by atomic mass is 19.4. The van der Waals surface area contributed by atoms with E-state index in [0.29, 0.717) is 21.8 Å². The van der Waals surface area contributed by atoms with Crippen LogP contribution in [0.2, 0.25) is 0 Å². The molecule has 0 saturated heterocycles. The maximum absolute atomic E-state index is 13.3. The van der Waals surface area contributed by atoms with Crippen molar-refractivity contribution in [2.75, 3.05) is 4.90 Å². The van der Waals surface area contributed by atoms with Crippen LogP contribution in [0.5, 0.6) is 0 Å². The number of hydrogen-bond donors (Lipinski definition) is 0. The Labute approximate surface area is 149 Å². The lowest BCUT2D eigenvalue weighted by Gasteiger charge is -2.15. The van der Waals surface area contributed by atoms with E-state index in [0.717, 1.165) is 16.5 Å². The first-order chi connectivity index (χ1) is 12.7. The molecule has 2 aromatic heterocycles. The van der Waals surface area contributed by atoms with Crippen LogP contribution in [0.4, 0.5) is 33.6 Å².